The van der Waals surface area contributed by atoms with Gasteiger partial charge in [-0.3, -0.25) is 0 Å². The van der Waals surface area contributed by atoms with E-state index in [-0.39, 0.29) is 6.61 Å². The van der Waals surface area contributed by atoms with Crippen LogP contribution in [0.4, 0.5) is 0 Å². The lowest BCUT2D eigenvalue weighted by Gasteiger charge is -2.23. The maximum atomic E-state index is 12.7. The second-order valence-electron chi connectivity index (χ2n) is 7.46. The van der Waals surface area contributed by atoms with Crippen LogP contribution in [0, 0.1) is 0 Å². The van der Waals surface area contributed by atoms with E-state index < -0.39 is 41.8 Å². The maximum absolute atomic E-state index is 12.7. The van der Waals surface area contributed by atoms with E-state index in [1.165, 1.54) is 0 Å². The predicted octanol–water partition coefficient (Wildman–Crippen LogP) is 4.26. The van der Waals surface area contributed by atoms with E-state index in [4.69, 9.17) is 30.5 Å². The molecule has 1 saturated heterocycles. The molecule has 0 amide bonds. The van der Waals surface area contributed by atoms with Gasteiger partial charge < -0.3 is 18.9 Å². The molecule has 1 heterocycles. The zero-order valence-electron chi connectivity index (χ0n) is 17.9. The van der Waals surface area contributed by atoms with Crippen molar-refractivity contribution >= 4 is 29.5 Å². The van der Waals surface area contributed by atoms with Gasteiger partial charge in [0, 0.05) is 0 Å². The lowest BCUT2D eigenvalue weighted by Crippen LogP contribution is -2.41. The SMILES string of the molecule is O=C(OC[C@H]1O[C@H](Cl)[C@@H](OC(=O)c2ccccc2)[C@H]1OC(=O)c1ccccc1)c1ccccc1. The smallest absolute Gasteiger partial charge is 0.338 e. The molecule has 0 aromatic heterocycles. The number of alkyl halides is 1. The van der Waals surface area contributed by atoms with E-state index in [0.717, 1.165) is 0 Å². The molecule has 7 nitrogen and oxygen atoms in total. The maximum Gasteiger partial charge on any atom is 0.338 e. The van der Waals surface area contributed by atoms with Gasteiger partial charge >= 0.3 is 17.9 Å². The molecule has 0 N–H and O–H groups in total. The van der Waals surface area contributed by atoms with Crippen LogP contribution in [0.1, 0.15) is 31.1 Å². The van der Waals surface area contributed by atoms with Crippen LogP contribution in [-0.2, 0) is 18.9 Å². The second-order valence-corrected chi connectivity index (χ2v) is 7.89. The first-order valence-electron chi connectivity index (χ1n) is 10.6. The van der Waals surface area contributed by atoms with Crippen molar-refractivity contribution in [3.05, 3.63) is 108 Å². The standard InChI is InChI=1S/C26H21ClO7/c27-23-22(34-26(30)19-14-8-3-9-15-19)21(33-25(29)18-12-6-2-7-13-18)20(32-23)16-31-24(28)17-10-4-1-5-11-17/h1-15,20-23H,16H2/t20-,21+,22+,23+/m1/s1. The number of carbonyl (C=O) groups excluding carboxylic acids is 3. The molecular formula is C26H21ClO7. The summed E-state index contributed by atoms with van der Waals surface area (Å²) in [6.07, 6.45) is -3.18. The average molecular weight is 481 g/mol. The third-order valence-electron chi connectivity index (χ3n) is 5.15. The summed E-state index contributed by atoms with van der Waals surface area (Å²) in [5.74, 6) is -1.88. The van der Waals surface area contributed by atoms with E-state index in [1.54, 1.807) is 91.0 Å². The van der Waals surface area contributed by atoms with E-state index >= 15 is 0 Å². The monoisotopic (exact) mass is 480 g/mol. The van der Waals surface area contributed by atoms with Crippen molar-refractivity contribution in [3.8, 4) is 0 Å². The second kappa shape index (κ2) is 11.0. The van der Waals surface area contributed by atoms with Crippen molar-refractivity contribution in [1.29, 1.82) is 0 Å². The molecular weight excluding hydrogens is 460 g/mol. The summed E-state index contributed by atoms with van der Waals surface area (Å²) < 4.78 is 22.3. The highest BCUT2D eigenvalue weighted by molar-refractivity contribution is 6.20. The van der Waals surface area contributed by atoms with Gasteiger partial charge in [-0.25, -0.2) is 14.4 Å². The first kappa shape index (κ1) is 23.5. The quantitative estimate of drug-likeness (QED) is 0.283. The van der Waals surface area contributed by atoms with Gasteiger partial charge in [0.1, 0.15) is 12.7 Å². The highest BCUT2D eigenvalue weighted by Crippen LogP contribution is 2.31. The highest BCUT2D eigenvalue weighted by Gasteiger charge is 2.49. The molecule has 174 valence electrons. The molecule has 0 radical (unpaired) electrons. The Morgan fingerprint density at radius 3 is 1.53 bits per heavy atom. The minimum Gasteiger partial charge on any atom is -0.459 e. The first-order chi connectivity index (χ1) is 16.5. The largest absolute Gasteiger partial charge is 0.459 e. The number of esters is 3. The van der Waals surface area contributed by atoms with E-state index in [1.807, 2.05) is 0 Å². The number of halogens is 1. The van der Waals surface area contributed by atoms with Gasteiger partial charge in [-0.15, -0.1) is 0 Å². The molecule has 34 heavy (non-hydrogen) atoms. The topological polar surface area (TPSA) is 88.1 Å². The van der Waals surface area contributed by atoms with Crippen LogP contribution in [0.2, 0.25) is 0 Å². The van der Waals surface area contributed by atoms with Crippen molar-refractivity contribution in [2.24, 2.45) is 0 Å². The lowest BCUT2D eigenvalue weighted by atomic mass is 10.1. The normalized spacial score (nSPS) is 21.4. The molecule has 0 aliphatic carbocycles. The summed E-state index contributed by atoms with van der Waals surface area (Å²) in [6.45, 7) is -0.261. The van der Waals surface area contributed by atoms with Gasteiger partial charge in [0.05, 0.1) is 16.7 Å². The number of rotatable bonds is 7. The number of carbonyl (C=O) groups is 3. The summed E-state index contributed by atoms with van der Waals surface area (Å²) in [5.41, 5.74) is -0.165. The van der Waals surface area contributed by atoms with Crippen molar-refractivity contribution < 1.29 is 33.3 Å². The van der Waals surface area contributed by atoms with Crippen LogP contribution in [-0.4, -0.2) is 48.4 Å². The number of hydrogen-bond donors (Lipinski definition) is 0. The summed E-state index contributed by atoms with van der Waals surface area (Å²) in [6, 6.07) is 25.1. The Kier molecular flexibility index (Phi) is 7.57. The van der Waals surface area contributed by atoms with Gasteiger partial charge in [0.25, 0.3) is 0 Å². The molecule has 4 rings (SSSR count). The molecule has 4 atom stereocenters. The van der Waals surface area contributed by atoms with Crippen LogP contribution in [0.5, 0.6) is 0 Å². The van der Waals surface area contributed by atoms with Crippen molar-refractivity contribution in [3.63, 3.8) is 0 Å². The fourth-order valence-corrected chi connectivity index (χ4v) is 3.75. The Hall–Kier alpha value is -3.68. The zero-order valence-corrected chi connectivity index (χ0v) is 18.7. The third kappa shape index (κ3) is 5.62. The fourth-order valence-electron chi connectivity index (χ4n) is 3.43. The van der Waals surface area contributed by atoms with Gasteiger partial charge in [-0.05, 0) is 36.4 Å². The molecule has 0 saturated carbocycles. The van der Waals surface area contributed by atoms with Gasteiger partial charge in [-0.2, -0.15) is 0 Å². The van der Waals surface area contributed by atoms with Crippen LogP contribution < -0.4 is 0 Å². The minimum absolute atomic E-state index is 0.261. The Balaban J connectivity index is 1.51. The van der Waals surface area contributed by atoms with E-state index in [9.17, 15) is 14.4 Å². The van der Waals surface area contributed by atoms with Gasteiger partial charge in [0.15, 0.2) is 17.8 Å². The Labute approximate surface area is 201 Å². The van der Waals surface area contributed by atoms with Crippen LogP contribution >= 0.6 is 11.6 Å². The zero-order chi connectivity index (χ0) is 23.9. The van der Waals surface area contributed by atoms with Crippen molar-refractivity contribution in [2.75, 3.05) is 6.61 Å². The summed E-state index contributed by atoms with van der Waals surface area (Å²) >= 11 is 6.33. The van der Waals surface area contributed by atoms with E-state index in [0.29, 0.717) is 16.7 Å². The van der Waals surface area contributed by atoms with Crippen LogP contribution in [0.3, 0.4) is 0 Å². The molecule has 0 spiro atoms. The molecule has 0 bridgehead atoms. The Bertz CT molecular complexity index is 1120. The Morgan fingerprint density at radius 2 is 1.06 bits per heavy atom. The molecule has 3 aromatic carbocycles. The van der Waals surface area contributed by atoms with Gasteiger partial charge in [0.2, 0.25) is 0 Å². The highest BCUT2D eigenvalue weighted by atomic mass is 35.5. The van der Waals surface area contributed by atoms with Crippen molar-refractivity contribution in [2.45, 2.75) is 23.9 Å². The number of benzene rings is 3. The van der Waals surface area contributed by atoms with Gasteiger partial charge in [-0.1, -0.05) is 66.2 Å². The summed E-state index contributed by atoms with van der Waals surface area (Å²) in [7, 11) is 0. The van der Waals surface area contributed by atoms with Crippen LogP contribution in [0.15, 0.2) is 91.0 Å². The fraction of sp³-hybridized carbons (Fsp3) is 0.192. The first-order valence-corrected chi connectivity index (χ1v) is 11.0. The molecule has 3 aromatic rings. The summed E-state index contributed by atoms with van der Waals surface area (Å²) in [4.78, 5) is 37.8. The predicted molar refractivity (Wildman–Crippen MR) is 123 cm³/mol. The lowest BCUT2D eigenvalue weighted by molar-refractivity contribution is -0.0435. The Morgan fingerprint density at radius 1 is 0.647 bits per heavy atom. The third-order valence-corrected chi connectivity index (χ3v) is 5.50. The average Bonchev–Trinajstić information content (AvgIpc) is 3.17. The van der Waals surface area contributed by atoms with Crippen LogP contribution in [0.25, 0.3) is 0 Å². The molecule has 1 fully saturated rings. The number of ether oxygens (including phenoxy) is 4. The molecule has 0 unspecified atom stereocenters. The molecule has 1 aliphatic heterocycles. The molecule has 8 heteroatoms. The summed E-state index contributed by atoms with van der Waals surface area (Å²) in [5, 5.41) is 0. The molecule has 1 aliphatic rings. The minimum atomic E-state index is -1.12. The number of hydrogen-bond acceptors (Lipinski definition) is 7. The van der Waals surface area contributed by atoms with Crippen molar-refractivity contribution in [1.82, 2.24) is 0 Å². The van der Waals surface area contributed by atoms with E-state index in [2.05, 4.69) is 0 Å².